The van der Waals surface area contributed by atoms with Crippen molar-refractivity contribution in [3.05, 3.63) is 30.1 Å². The summed E-state index contributed by atoms with van der Waals surface area (Å²) in [5.41, 5.74) is 1.36. The number of aryl methyl sites for hydroxylation is 1. The quantitative estimate of drug-likeness (QED) is 0.645. The van der Waals surface area contributed by atoms with Crippen LogP contribution in [0.15, 0.2) is 24.5 Å². The van der Waals surface area contributed by atoms with Crippen molar-refractivity contribution in [1.29, 1.82) is 0 Å². The summed E-state index contributed by atoms with van der Waals surface area (Å²) in [5, 5.41) is 0. The number of nitrogens with zero attached hydrogens (tertiary/aromatic N) is 1. The Morgan fingerprint density at radius 2 is 1.73 bits per heavy atom. The zero-order valence-electron chi connectivity index (χ0n) is 11.1. The van der Waals surface area contributed by atoms with Crippen LogP contribution in [0.2, 0.25) is 0 Å². The molecule has 0 N–H and O–H groups in total. The molecule has 0 saturated heterocycles. The van der Waals surface area contributed by atoms with Crippen LogP contribution in [-0.4, -0.2) is 4.98 Å². The molecule has 0 aliphatic heterocycles. The van der Waals surface area contributed by atoms with Crippen molar-refractivity contribution >= 4 is 0 Å². The van der Waals surface area contributed by atoms with Crippen molar-refractivity contribution in [3.8, 4) is 0 Å². The molecular formula is C14H27N. The smallest absolute Gasteiger partial charge is 0.0299 e. The molecule has 0 unspecified atom stereocenters. The Bertz CT molecular complexity index is 182. The lowest BCUT2D eigenvalue weighted by Gasteiger charge is -1.97. The molecule has 1 aromatic heterocycles. The second-order valence-electron chi connectivity index (χ2n) is 2.82. The molecule has 88 valence electrons. The van der Waals surface area contributed by atoms with Gasteiger partial charge in [-0.05, 0) is 24.5 Å². The van der Waals surface area contributed by atoms with Crippen LogP contribution in [0.3, 0.4) is 0 Å². The molecule has 0 spiro atoms. The van der Waals surface area contributed by atoms with E-state index in [-0.39, 0.29) is 0 Å². The van der Waals surface area contributed by atoms with Crippen LogP contribution in [0, 0.1) is 0 Å². The number of aromatic nitrogens is 1. The van der Waals surface area contributed by atoms with Gasteiger partial charge in [0.05, 0.1) is 0 Å². The van der Waals surface area contributed by atoms with Crippen LogP contribution < -0.4 is 0 Å². The van der Waals surface area contributed by atoms with E-state index in [1.54, 1.807) is 0 Å². The van der Waals surface area contributed by atoms with E-state index in [0.717, 1.165) is 0 Å². The molecule has 1 rings (SSSR count). The zero-order valence-corrected chi connectivity index (χ0v) is 11.1. The Balaban J connectivity index is 0. The predicted octanol–water partition coefficient (Wildman–Crippen LogP) is 4.87. The topological polar surface area (TPSA) is 12.9 Å². The van der Waals surface area contributed by atoms with Gasteiger partial charge in [-0.2, -0.15) is 0 Å². The monoisotopic (exact) mass is 209 g/mol. The second kappa shape index (κ2) is 15.6. The molecular weight excluding hydrogens is 182 g/mol. The van der Waals surface area contributed by atoms with Crippen molar-refractivity contribution in [2.45, 2.75) is 60.3 Å². The highest BCUT2D eigenvalue weighted by molar-refractivity contribution is 5.08. The summed E-state index contributed by atoms with van der Waals surface area (Å²) in [5.74, 6) is 0. The van der Waals surface area contributed by atoms with Gasteiger partial charge in [-0.25, -0.2) is 0 Å². The van der Waals surface area contributed by atoms with Gasteiger partial charge in [-0.1, -0.05) is 53.5 Å². The van der Waals surface area contributed by atoms with Crippen LogP contribution in [-0.2, 0) is 6.42 Å². The molecule has 0 atom stereocenters. The fraction of sp³-hybridized carbons (Fsp3) is 0.643. The third kappa shape index (κ3) is 11.1. The minimum Gasteiger partial charge on any atom is -0.264 e. The maximum Gasteiger partial charge on any atom is 0.0299 e. The summed E-state index contributed by atoms with van der Waals surface area (Å²) in [6.45, 7) is 10.2. The maximum absolute atomic E-state index is 4.06. The van der Waals surface area contributed by atoms with E-state index in [4.69, 9.17) is 0 Å². The molecule has 0 saturated carbocycles. The Kier molecular flexibility index (Phi) is 17.3. The lowest BCUT2D eigenvalue weighted by molar-refractivity contribution is 0.716. The third-order valence-electron chi connectivity index (χ3n) is 1.79. The lowest BCUT2D eigenvalue weighted by atomic mass is 10.1. The molecule has 1 heteroatoms. The van der Waals surface area contributed by atoms with Gasteiger partial charge in [0.15, 0.2) is 0 Å². The van der Waals surface area contributed by atoms with Crippen molar-refractivity contribution in [2.24, 2.45) is 0 Å². The Labute approximate surface area is 95.9 Å². The van der Waals surface area contributed by atoms with E-state index in [1.165, 1.54) is 31.2 Å². The number of hydrogen-bond donors (Lipinski definition) is 0. The molecule has 0 fully saturated rings. The molecule has 1 nitrogen and oxygen atoms in total. The SMILES string of the molecule is CC.CC.CCCCCc1cccnc1. The summed E-state index contributed by atoms with van der Waals surface area (Å²) in [6.07, 6.45) is 8.87. The van der Waals surface area contributed by atoms with Crippen LogP contribution in [0.1, 0.15) is 59.4 Å². The molecule has 0 amide bonds. The van der Waals surface area contributed by atoms with Gasteiger partial charge in [-0.3, -0.25) is 4.98 Å². The zero-order chi connectivity index (χ0) is 11.9. The first-order chi connectivity index (χ1) is 7.43. The Morgan fingerprint density at radius 3 is 2.20 bits per heavy atom. The summed E-state index contributed by atoms with van der Waals surface area (Å²) in [6, 6.07) is 4.14. The Morgan fingerprint density at radius 1 is 1.07 bits per heavy atom. The predicted molar refractivity (Wildman–Crippen MR) is 70.2 cm³/mol. The summed E-state index contributed by atoms with van der Waals surface area (Å²) >= 11 is 0. The average molecular weight is 209 g/mol. The largest absolute Gasteiger partial charge is 0.264 e. The standard InChI is InChI=1S/C10H15N.2C2H6/c1-2-3-4-6-10-7-5-8-11-9-10;2*1-2/h5,7-9H,2-4,6H2,1H3;2*1-2H3. The normalized spacial score (nSPS) is 8.07. The third-order valence-corrected chi connectivity index (χ3v) is 1.79. The lowest BCUT2D eigenvalue weighted by Crippen LogP contribution is -1.85. The molecule has 15 heavy (non-hydrogen) atoms. The van der Waals surface area contributed by atoms with Gasteiger partial charge < -0.3 is 0 Å². The first kappa shape index (κ1) is 16.6. The maximum atomic E-state index is 4.06. The van der Waals surface area contributed by atoms with E-state index in [0.29, 0.717) is 0 Å². The fourth-order valence-corrected chi connectivity index (χ4v) is 1.13. The van der Waals surface area contributed by atoms with Crippen LogP contribution >= 0.6 is 0 Å². The Hall–Kier alpha value is -0.850. The van der Waals surface area contributed by atoms with E-state index in [2.05, 4.69) is 18.0 Å². The molecule has 0 aliphatic carbocycles. The van der Waals surface area contributed by atoms with Gasteiger partial charge in [0, 0.05) is 12.4 Å². The average Bonchev–Trinajstić information content (AvgIpc) is 2.36. The van der Waals surface area contributed by atoms with Crippen LogP contribution in [0.25, 0.3) is 0 Å². The number of pyridine rings is 1. The van der Waals surface area contributed by atoms with E-state index in [1.807, 2.05) is 46.2 Å². The minimum absolute atomic E-state index is 1.18. The first-order valence-corrected chi connectivity index (χ1v) is 6.32. The van der Waals surface area contributed by atoms with E-state index in [9.17, 15) is 0 Å². The summed E-state index contributed by atoms with van der Waals surface area (Å²) in [4.78, 5) is 4.06. The highest BCUT2D eigenvalue weighted by Gasteiger charge is 1.90. The molecule has 1 aromatic rings. The van der Waals surface area contributed by atoms with Crippen LogP contribution in [0.4, 0.5) is 0 Å². The first-order valence-electron chi connectivity index (χ1n) is 6.32. The molecule has 0 aromatic carbocycles. The van der Waals surface area contributed by atoms with E-state index < -0.39 is 0 Å². The summed E-state index contributed by atoms with van der Waals surface area (Å²) in [7, 11) is 0. The van der Waals surface area contributed by atoms with Crippen molar-refractivity contribution in [2.75, 3.05) is 0 Å². The van der Waals surface area contributed by atoms with Crippen LogP contribution in [0.5, 0.6) is 0 Å². The highest BCUT2D eigenvalue weighted by atomic mass is 14.6. The fourth-order valence-electron chi connectivity index (χ4n) is 1.13. The van der Waals surface area contributed by atoms with Crippen molar-refractivity contribution in [3.63, 3.8) is 0 Å². The van der Waals surface area contributed by atoms with Gasteiger partial charge in [0.25, 0.3) is 0 Å². The second-order valence-corrected chi connectivity index (χ2v) is 2.82. The van der Waals surface area contributed by atoms with Gasteiger partial charge in [0.1, 0.15) is 0 Å². The van der Waals surface area contributed by atoms with Gasteiger partial charge in [-0.15, -0.1) is 0 Å². The molecule has 0 bridgehead atoms. The van der Waals surface area contributed by atoms with Gasteiger partial charge >= 0.3 is 0 Å². The van der Waals surface area contributed by atoms with Crippen molar-refractivity contribution in [1.82, 2.24) is 4.98 Å². The highest BCUT2D eigenvalue weighted by Crippen LogP contribution is 2.03. The molecule has 0 aliphatic rings. The van der Waals surface area contributed by atoms with E-state index >= 15 is 0 Å². The molecule has 1 heterocycles. The minimum atomic E-state index is 1.18. The van der Waals surface area contributed by atoms with Crippen molar-refractivity contribution < 1.29 is 0 Å². The molecule has 0 radical (unpaired) electrons. The number of hydrogen-bond acceptors (Lipinski definition) is 1. The van der Waals surface area contributed by atoms with Gasteiger partial charge in [0.2, 0.25) is 0 Å². The number of unbranched alkanes of at least 4 members (excludes halogenated alkanes) is 2. The summed E-state index contributed by atoms with van der Waals surface area (Å²) < 4.78 is 0. The number of rotatable bonds is 4.